The van der Waals surface area contributed by atoms with Gasteiger partial charge in [-0.1, -0.05) is 37.3 Å². The maximum absolute atomic E-state index is 12.4. The van der Waals surface area contributed by atoms with Crippen molar-refractivity contribution in [2.45, 2.75) is 33.2 Å². The molecule has 1 heterocycles. The molecule has 0 fully saturated rings. The van der Waals surface area contributed by atoms with Gasteiger partial charge in [-0.25, -0.2) is 0 Å². The Morgan fingerprint density at radius 2 is 1.91 bits per heavy atom. The van der Waals surface area contributed by atoms with E-state index in [1.807, 2.05) is 44.2 Å². The normalized spacial score (nSPS) is 12.0. The van der Waals surface area contributed by atoms with Crippen LogP contribution in [0.1, 0.15) is 57.6 Å². The smallest absolute Gasteiger partial charge is 0.268 e. The van der Waals surface area contributed by atoms with Crippen molar-refractivity contribution >= 4 is 11.7 Å². The number of Topliss-reactive ketones (excluding diaryl/α,β-unsaturated/α-hetero) is 1. The van der Waals surface area contributed by atoms with Crippen LogP contribution in [0.4, 0.5) is 0 Å². The molecule has 2 rings (SSSR count). The van der Waals surface area contributed by atoms with Crippen LogP contribution in [-0.4, -0.2) is 23.2 Å². The molecule has 2 aromatic rings. The van der Waals surface area contributed by atoms with Crippen LogP contribution in [-0.2, 0) is 6.42 Å². The molecule has 1 unspecified atom stereocenters. The lowest BCUT2D eigenvalue weighted by Crippen LogP contribution is -2.32. The second-order valence-electron chi connectivity index (χ2n) is 5.62. The summed E-state index contributed by atoms with van der Waals surface area (Å²) in [5.74, 6) is -0.264. The summed E-state index contributed by atoms with van der Waals surface area (Å²) in [7, 11) is 0. The van der Waals surface area contributed by atoms with Crippen LogP contribution in [0.25, 0.3) is 0 Å². The van der Waals surface area contributed by atoms with Crippen LogP contribution in [0.5, 0.6) is 0 Å². The van der Waals surface area contributed by atoms with E-state index in [2.05, 4.69) is 10.3 Å². The van der Waals surface area contributed by atoms with E-state index in [9.17, 15) is 9.59 Å². The van der Waals surface area contributed by atoms with Gasteiger partial charge in [-0.05, 0) is 31.4 Å². The molecule has 0 spiro atoms. The quantitative estimate of drug-likeness (QED) is 0.716. The summed E-state index contributed by atoms with van der Waals surface area (Å²) in [6, 6.07) is 9.35. The molecule has 0 aliphatic carbocycles. The Balaban J connectivity index is 2.12. The highest BCUT2D eigenvalue weighted by Crippen LogP contribution is 2.20. The summed E-state index contributed by atoms with van der Waals surface area (Å²) in [4.78, 5) is 27.2. The monoisotopic (exact) mass is 313 g/mol. The van der Waals surface area contributed by atoms with E-state index in [0.717, 1.165) is 16.8 Å². The SMILES string of the molecule is CCc1c(C(=O)NCC(N)c2ccccc2)[nH]c(C)c1C(C)=O. The first-order chi connectivity index (χ1) is 11.0. The number of nitrogens with one attached hydrogen (secondary N) is 2. The molecule has 4 N–H and O–H groups in total. The molecule has 1 aromatic heterocycles. The molecule has 0 saturated heterocycles. The van der Waals surface area contributed by atoms with Crippen LogP contribution < -0.4 is 11.1 Å². The minimum absolute atomic E-state index is 0.0318. The van der Waals surface area contributed by atoms with E-state index in [4.69, 9.17) is 5.73 Å². The number of carbonyl (C=O) groups is 2. The van der Waals surface area contributed by atoms with Gasteiger partial charge < -0.3 is 16.0 Å². The number of hydrogen-bond donors (Lipinski definition) is 3. The number of amides is 1. The summed E-state index contributed by atoms with van der Waals surface area (Å²) in [5.41, 5.74) is 9.63. The van der Waals surface area contributed by atoms with E-state index >= 15 is 0 Å². The highest BCUT2D eigenvalue weighted by atomic mass is 16.2. The molecule has 0 radical (unpaired) electrons. The fourth-order valence-corrected chi connectivity index (χ4v) is 2.81. The van der Waals surface area contributed by atoms with E-state index in [-0.39, 0.29) is 17.7 Å². The molecule has 0 aliphatic rings. The van der Waals surface area contributed by atoms with Gasteiger partial charge in [0.05, 0.1) is 0 Å². The topological polar surface area (TPSA) is 88.0 Å². The molecule has 23 heavy (non-hydrogen) atoms. The second kappa shape index (κ2) is 7.24. The zero-order chi connectivity index (χ0) is 17.0. The van der Waals surface area contributed by atoms with Gasteiger partial charge in [0.15, 0.2) is 5.78 Å². The van der Waals surface area contributed by atoms with Crippen LogP contribution >= 0.6 is 0 Å². The zero-order valence-corrected chi connectivity index (χ0v) is 13.8. The lowest BCUT2D eigenvalue weighted by atomic mass is 10.0. The molecular weight excluding hydrogens is 290 g/mol. The number of carbonyl (C=O) groups excluding carboxylic acids is 2. The number of hydrogen-bond acceptors (Lipinski definition) is 3. The number of nitrogens with two attached hydrogens (primary N) is 1. The number of rotatable bonds is 6. The van der Waals surface area contributed by atoms with Gasteiger partial charge >= 0.3 is 0 Å². The average Bonchev–Trinajstić information content (AvgIpc) is 2.89. The van der Waals surface area contributed by atoms with Gasteiger partial charge in [0.2, 0.25) is 0 Å². The number of H-pyrrole nitrogens is 1. The number of aryl methyl sites for hydroxylation is 1. The van der Waals surface area contributed by atoms with E-state index in [1.165, 1.54) is 6.92 Å². The van der Waals surface area contributed by atoms with Crippen LogP contribution in [0.3, 0.4) is 0 Å². The summed E-state index contributed by atoms with van der Waals surface area (Å²) >= 11 is 0. The Bertz CT molecular complexity index is 705. The van der Waals surface area contributed by atoms with Crippen molar-refractivity contribution in [2.24, 2.45) is 5.73 Å². The zero-order valence-electron chi connectivity index (χ0n) is 13.8. The molecule has 1 aromatic carbocycles. The third kappa shape index (κ3) is 3.68. The van der Waals surface area contributed by atoms with Crippen molar-refractivity contribution in [3.8, 4) is 0 Å². The number of aromatic amines is 1. The largest absolute Gasteiger partial charge is 0.354 e. The standard InChI is InChI=1S/C18H23N3O2/c1-4-14-16(12(3)22)11(2)21-17(14)18(23)20-10-15(19)13-8-6-5-7-9-13/h5-9,15,21H,4,10,19H2,1-3H3,(H,20,23). The van der Waals surface area contributed by atoms with Crippen molar-refractivity contribution in [1.82, 2.24) is 10.3 Å². The molecule has 122 valence electrons. The van der Waals surface area contributed by atoms with E-state index in [0.29, 0.717) is 24.2 Å². The predicted molar refractivity (Wildman–Crippen MR) is 90.6 cm³/mol. The van der Waals surface area contributed by atoms with Crippen LogP contribution in [0.15, 0.2) is 30.3 Å². The highest BCUT2D eigenvalue weighted by Gasteiger charge is 2.21. The first-order valence-corrected chi connectivity index (χ1v) is 7.76. The maximum atomic E-state index is 12.4. The van der Waals surface area contributed by atoms with Crippen molar-refractivity contribution < 1.29 is 9.59 Å². The van der Waals surface area contributed by atoms with E-state index in [1.54, 1.807) is 0 Å². The lowest BCUT2D eigenvalue weighted by molar-refractivity contribution is 0.0945. The Labute approximate surface area is 136 Å². The van der Waals surface area contributed by atoms with Gasteiger partial charge in [-0.3, -0.25) is 9.59 Å². The highest BCUT2D eigenvalue weighted by molar-refractivity contribution is 6.02. The Morgan fingerprint density at radius 1 is 1.26 bits per heavy atom. The third-order valence-electron chi connectivity index (χ3n) is 3.93. The summed E-state index contributed by atoms with van der Waals surface area (Å²) in [6.07, 6.45) is 0.618. The van der Waals surface area contributed by atoms with Crippen molar-refractivity contribution in [1.29, 1.82) is 0 Å². The minimum atomic E-state index is -0.270. The van der Waals surface area contributed by atoms with Crippen molar-refractivity contribution in [3.63, 3.8) is 0 Å². The molecule has 1 atom stereocenters. The Morgan fingerprint density at radius 3 is 2.48 bits per heavy atom. The Kier molecular flexibility index (Phi) is 5.34. The third-order valence-corrected chi connectivity index (χ3v) is 3.93. The van der Waals surface area contributed by atoms with Crippen molar-refractivity contribution in [2.75, 3.05) is 6.54 Å². The van der Waals surface area contributed by atoms with E-state index < -0.39 is 0 Å². The maximum Gasteiger partial charge on any atom is 0.268 e. The molecule has 5 nitrogen and oxygen atoms in total. The van der Waals surface area contributed by atoms with Gasteiger partial charge in [0.1, 0.15) is 5.69 Å². The molecule has 5 heteroatoms. The fourth-order valence-electron chi connectivity index (χ4n) is 2.81. The van der Waals surface area contributed by atoms with Gasteiger partial charge in [0, 0.05) is 23.8 Å². The van der Waals surface area contributed by atoms with Crippen LogP contribution in [0, 0.1) is 6.92 Å². The molecule has 0 bridgehead atoms. The Hall–Kier alpha value is -2.40. The second-order valence-corrected chi connectivity index (χ2v) is 5.62. The van der Waals surface area contributed by atoms with Gasteiger partial charge in [-0.2, -0.15) is 0 Å². The number of benzene rings is 1. The summed E-state index contributed by atoms with van der Waals surface area (Å²) < 4.78 is 0. The number of ketones is 1. The first kappa shape index (κ1) is 17.0. The molecular formula is C18H23N3O2. The number of aromatic nitrogens is 1. The average molecular weight is 313 g/mol. The molecule has 1 amide bonds. The molecule has 0 saturated carbocycles. The van der Waals surface area contributed by atoms with Gasteiger partial charge in [-0.15, -0.1) is 0 Å². The minimum Gasteiger partial charge on any atom is -0.354 e. The van der Waals surface area contributed by atoms with Crippen LogP contribution in [0.2, 0.25) is 0 Å². The summed E-state index contributed by atoms with van der Waals surface area (Å²) in [5, 5.41) is 2.84. The van der Waals surface area contributed by atoms with Gasteiger partial charge in [0.25, 0.3) is 5.91 Å². The first-order valence-electron chi connectivity index (χ1n) is 7.76. The fraction of sp³-hybridized carbons (Fsp3) is 0.333. The van der Waals surface area contributed by atoms with Crippen molar-refractivity contribution in [3.05, 3.63) is 58.4 Å². The lowest BCUT2D eigenvalue weighted by Gasteiger charge is -2.13. The predicted octanol–water partition coefficient (Wildman–Crippen LogP) is 2.52. The molecule has 0 aliphatic heterocycles. The summed E-state index contributed by atoms with van der Waals surface area (Å²) in [6.45, 7) is 5.59.